The number of halogens is 3. The van der Waals surface area contributed by atoms with Crippen molar-refractivity contribution in [2.24, 2.45) is 5.73 Å². The van der Waals surface area contributed by atoms with Crippen LogP contribution >= 0.6 is 47.0 Å². The van der Waals surface area contributed by atoms with Crippen LogP contribution in [-0.2, 0) is 6.61 Å². The molecule has 20 heavy (non-hydrogen) atoms. The van der Waals surface area contributed by atoms with Gasteiger partial charge in [0.15, 0.2) is 0 Å². The molecule has 0 aliphatic rings. The third kappa shape index (κ3) is 3.76. The zero-order chi connectivity index (χ0) is 14.7. The van der Waals surface area contributed by atoms with Gasteiger partial charge in [0.25, 0.3) is 0 Å². The molecular formula is C14H10Cl3NOS. The van der Waals surface area contributed by atoms with Crippen molar-refractivity contribution < 1.29 is 4.74 Å². The first-order valence-corrected chi connectivity index (χ1v) is 7.17. The van der Waals surface area contributed by atoms with Gasteiger partial charge in [0.1, 0.15) is 17.3 Å². The lowest BCUT2D eigenvalue weighted by Crippen LogP contribution is -2.09. The molecule has 0 aromatic heterocycles. The maximum atomic E-state index is 6.16. The fourth-order valence-corrected chi connectivity index (χ4v) is 2.39. The molecular weight excluding hydrogens is 337 g/mol. The second-order valence-electron chi connectivity index (χ2n) is 4.03. The van der Waals surface area contributed by atoms with E-state index in [4.69, 9.17) is 57.5 Å². The van der Waals surface area contributed by atoms with E-state index in [9.17, 15) is 0 Å². The van der Waals surface area contributed by atoms with Gasteiger partial charge in [-0.1, -0.05) is 59.2 Å². The van der Waals surface area contributed by atoms with Crippen molar-refractivity contribution in [1.29, 1.82) is 0 Å². The Kier molecular flexibility index (Phi) is 5.11. The topological polar surface area (TPSA) is 35.2 Å². The summed E-state index contributed by atoms with van der Waals surface area (Å²) in [6, 6.07) is 10.4. The van der Waals surface area contributed by atoms with E-state index < -0.39 is 0 Å². The number of nitrogens with two attached hydrogens (primary N) is 1. The summed E-state index contributed by atoms with van der Waals surface area (Å²) in [5, 5.41) is 1.55. The van der Waals surface area contributed by atoms with E-state index >= 15 is 0 Å². The third-order valence-corrected chi connectivity index (χ3v) is 3.73. The Bertz CT molecular complexity index is 661. The molecule has 0 aliphatic heterocycles. The van der Waals surface area contributed by atoms with Crippen molar-refractivity contribution in [3.05, 3.63) is 62.6 Å². The van der Waals surface area contributed by atoms with Crippen molar-refractivity contribution >= 4 is 52.0 Å². The van der Waals surface area contributed by atoms with Crippen LogP contribution in [0.25, 0.3) is 0 Å². The lowest BCUT2D eigenvalue weighted by atomic mass is 10.1. The number of ether oxygens (including phenoxy) is 1. The van der Waals surface area contributed by atoms with E-state index in [0.29, 0.717) is 25.8 Å². The SMILES string of the molecule is NC(=S)c1ccc(COc2ccc(Cl)cc2Cl)c(Cl)c1. The first-order valence-electron chi connectivity index (χ1n) is 5.63. The number of hydrogen-bond donors (Lipinski definition) is 1. The van der Waals surface area contributed by atoms with Gasteiger partial charge < -0.3 is 10.5 Å². The van der Waals surface area contributed by atoms with Crippen LogP contribution in [0.3, 0.4) is 0 Å². The molecule has 0 saturated heterocycles. The smallest absolute Gasteiger partial charge is 0.138 e. The van der Waals surface area contributed by atoms with Crippen LogP contribution in [0.2, 0.25) is 15.1 Å². The maximum Gasteiger partial charge on any atom is 0.138 e. The van der Waals surface area contributed by atoms with Gasteiger partial charge in [-0.3, -0.25) is 0 Å². The van der Waals surface area contributed by atoms with Crippen molar-refractivity contribution in [1.82, 2.24) is 0 Å². The fraction of sp³-hybridized carbons (Fsp3) is 0.0714. The van der Waals surface area contributed by atoms with E-state index in [1.807, 2.05) is 6.07 Å². The zero-order valence-electron chi connectivity index (χ0n) is 10.2. The van der Waals surface area contributed by atoms with Gasteiger partial charge in [0, 0.05) is 21.2 Å². The average Bonchev–Trinajstić information content (AvgIpc) is 2.38. The summed E-state index contributed by atoms with van der Waals surface area (Å²) < 4.78 is 5.62. The van der Waals surface area contributed by atoms with Gasteiger partial charge in [0.2, 0.25) is 0 Å². The van der Waals surface area contributed by atoms with E-state index in [0.717, 1.165) is 11.1 Å². The summed E-state index contributed by atoms with van der Waals surface area (Å²) in [6.07, 6.45) is 0. The van der Waals surface area contributed by atoms with Crippen LogP contribution in [0.5, 0.6) is 5.75 Å². The van der Waals surface area contributed by atoms with Crippen LogP contribution in [0.1, 0.15) is 11.1 Å². The molecule has 2 rings (SSSR count). The van der Waals surface area contributed by atoms with Crippen LogP contribution in [-0.4, -0.2) is 4.99 Å². The van der Waals surface area contributed by atoms with Crippen molar-refractivity contribution in [3.8, 4) is 5.75 Å². The molecule has 2 aromatic carbocycles. The van der Waals surface area contributed by atoms with Crippen LogP contribution < -0.4 is 10.5 Å². The van der Waals surface area contributed by atoms with Gasteiger partial charge in [-0.15, -0.1) is 0 Å². The molecule has 6 heteroatoms. The summed E-state index contributed by atoms with van der Waals surface area (Å²) >= 11 is 22.9. The van der Waals surface area contributed by atoms with E-state index in [2.05, 4.69) is 0 Å². The summed E-state index contributed by atoms with van der Waals surface area (Å²) in [5.41, 5.74) is 7.08. The summed E-state index contributed by atoms with van der Waals surface area (Å²) in [7, 11) is 0. The molecule has 0 bridgehead atoms. The fourth-order valence-electron chi connectivity index (χ4n) is 1.57. The van der Waals surface area contributed by atoms with E-state index in [1.54, 1.807) is 30.3 Å². The molecule has 2 N–H and O–H groups in total. The van der Waals surface area contributed by atoms with Gasteiger partial charge in [-0.25, -0.2) is 0 Å². The Hall–Kier alpha value is -1.000. The van der Waals surface area contributed by atoms with Crippen molar-refractivity contribution in [3.63, 3.8) is 0 Å². The van der Waals surface area contributed by atoms with Crippen LogP contribution in [0, 0.1) is 0 Å². The molecule has 104 valence electrons. The highest BCUT2D eigenvalue weighted by Gasteiger charge is 2.07. The highest BCUT2D eigenvalue weighted by molar-refractivity contribution is 7.80. The molecule has 0 heterocycles. The van der Waals surface area contributed by atoms with Gasteiger partial charge in [-0.2, -0.15) is 0 Å². The Morgan fingerprint density at radius 3 is 2.40 bits per heavy atom. The first-order chi connectivity index (χ1) is 9.47. The highest BCUT2D eigenvalue weighted by atomic mass is 35.5. The number of hydrogen-bond acceptors (Lipinski definition) is 2. The molecule has 2 aromatic rings. The molecule has 0 aliphatic carbocycles. The molecule has 0 amide bonds. The summed E-state index contributed by atoms with van der Waals surface area (Å²) in [5.74, 6) is 0.547. The van der Waals surface area contributed by atoms with Crippen LogP contribution in [0.15, 0.2) is 36.4 Å². The standard InChI is InChI=1S/C14H10Cl3NOS/c15-10-3-4-13(12(17)6-10)19-7-9-2-1-8(14(18)20)5-11(9)16/h1-6H,7H2,(H2,18,20). The molecule has 0 atom stereocenters. The Morgan fingerprint density at radius 2 is 1.80 bits per heavy atom. The second kappa shape index (κ2) is 6.64. The molecule has 0 spiro atoms. The van der Waals surface area contributed by atoms with Crippen molar-refractivity contribution in [2.45, 2.75) is 6.61 Å². The predicted octanol–water partition coefficient (Wildman–Crippen LogP) is 4.86. The highest BCUT2D eigenvalue weighted by Crippen LogP contribution is 2.29. The number of benzene rings is 2. The zero-order valence-corrected chi connectivity index (χ0v) is 13.3. The second-order valence-corrected chi connectivity index (χ2v) is 5.72. The quantitative estimate of drug-likeness (QED) is 0.803. The monoisotopic (exact) mass is 345 g/mol. The molecule has 0 saturated carbocycles. The minimum atomic E-state index is 0.289. The van der Waals surface area contributed by atoms with Gasteiger partial charge in [-0.05, 0) is 24.3 Å². The predicted molar refractivity (Wildman–Crippen MR) is 88.1 cm³/mol. The van der Waals surface area contributed by atoms with E-state index in [1.165, 1.54) is 0 Å². The molecule has 0 radical (unpaired) electrons. The Morgan fingerprint density at radius 1 is 1.05 bits per heavy atom. The lowest BCUT2D eigenvalue weighted by Gasteiger charge is -2.10. The molecule has 0 fully saturated rings. The number of thiocarbonyl (C=S) groups is 1. The van der Waals surface area contributed by atoms with Gasteiger partial charge >= 0.3 is 0 Å². The Balaban J connectivity index is 2.13. The third-order valence-electron chi connectivity index (χ3n) is 2.61. The lowest BCUT2D eigenvalue weighted by molar-refractivity contribution is 0.306. The maximum absolute atomic E-state index is 6.16. The molecule has 0 unspecified atom stereocenters. The Labute approximate surface area is 137 Å². The first kappa shape index (κ1) is 15.4. The summed E-state index contributed by atoms with van der Waals surface area (Å²) in [6.45, 7) is 0.289. The van der Waals surface area contributed by atoms with Gasteiger partial charge in [0.05, 0.1) is 5.02 Å². The normalized spacial score (nSPS) is 10.3. The molecule has 2 nitrogen and oxygen atoms in total. The minimum absolute atomic E-state index is 0.289. The van der Waals surface area contributed by atoms with Crippen molar-refractivity contribution in [2.75, 3.05) is 0 Å². The average molecular weight is 347 g/mol. The minimum Gasteiger partial charge on any atom is -0.487 e. The summed E-state index contributed by atoms with van der Waals surface area (Å²) in [4.78, 5) is 0.306. The van der Waals surface area contributed by atoms with E-state index in [-0.39, 0.29) is 6.61 Å². The number of rotatable bonds is 4. The van der Waals surface area contributed by atoms with Crippen LogP contribution in [0.4, 0.5) is 0 Å². The largest absolute Gasteiger partial charge is 0.487 e.